The van der Waals surface area contributed by atoms with Crippen LogP contribution in [0.15, 0.2) is 29.4 Å². The zero-order chi connectivity index (χ0) is 15.5. The van der Waals surface area contributed by atoms with Crippen molar-refractivity contribution in [2.75, 3.05) is 19.4 Å². The number of fused-ring (bicyclic) bond motifs is 1. The largest absolute Gasteiger partial charge is 0.467 e. The Kier molecular flexibility index (Phi) is 4.33. The van der Waals surface area contributed by atoms with Gasteiger partial charge >= 0.3 is 5.97 Å². The molecular weight excluding hydrogens is 302 g/mol. The van der Waals surface area contributed by atoms with Crippen LogP contribution in [0.25, 0.3) is 11.0 Å². The summed E-state index contributed by atoms with van der Waals surface area (Å²) in [6.07, 6.45) is 1.51. The molecule has 0 aliphatic carbocycles. The van der Waals surface area contributed by atoms with Crippen molar-refractivity contribution in [3.8, 4) is 0 Å². The third-order valence-electron chi connectivity index (χ3n) is 3.75. The molecule has 1 aliphatic rings. The zero-order valence-corrected chi connectivity index (χ0v) is 13.1. The predicted octanol–water partition coefficient (Wildman–Crippen LogP) is 1.82. The topological polar surface area (TPSA) is 75.3 Å². The normalized spacial score (nSPS) is 17.9. The quantitative estimate of drug-likeness (QED) is 0.687. The molecule has 6 nitrogen and oxygen atoms in total. The number of aromatic amines is 1. The van der Waals surface area contributed by atoms with Crippen LogP contribution in [-0.4, -0.2) is 52.2 Å². The van der Waals surface area contributed by atoms with Crippen molar-refractivity contribution in [3.05, 3.63) is 24.3 Å². The van der Waals surface area contributed by atoms with Gasteiger partial charge in [0.05, 0.1) is 23.9 Å². The fourth-order valence-electron chi connectivity index (χ4n) is 2.66. The first-order valence-corrected chi connectivity index (χ1v) is 8.12. The van der Waals surface area contributed by atoms with Crippen LogP contribution in [0.1, 0.15) is 12.8 Å². The van der Waals surface area contributed by atoms with E-state index in [-0.39, 0.29) is 17.6 Å². The number of carbonyl (C=O) groups excluding carboxylic acids is 2. The molecule has 0 spiro atoms. The van der Waals surface area contributed by atoms with E-state index in [1.54, 1.807) is 4.90 Å². The van der Waals surface area contributed by atoms with Gasteiger partial charge in [-0.3, -0.25) is 4.79 Å². The van der Waals surface area contributed by atoms with E-state index < -0.39 is 6.04 Å². The number of methoxy groups -OCH3 is 1. The number of esters is 1. The second-order valence-corrected chi connectivity index (χ2v) is 6.08. The van der Waals surface area contributed by atoms with Crippen molar-refractivity contribution in [1.82, 2.24) is 14.9 Å². The Morgan fingerprint density at radius 2 is 2.27 bits per heavy atom. The lowest BCUT2D eigenvalue weighted by Crippen LogP contribution is -2.42. The third-order valence-corrected chi connectivity index (χ3v) is 4.60. The predicted molar refractivity (Wildman–Crippen MR) is 83.6 cm³/mol. The number of aromatic nitrogens is 2. The van der Waals surface area contributed by atoms with Crippen LogP contribution in [0.4, 0.5) is 0 Å². The lowest BCUT2D eigenvalue weighted by molar-refractivity contribution is -0.150. The van der Waals surface area contributed by atoms with Crippen molar-refractivity contribution < 1.29 is 14.3 Å². The second-order valence-electron chi connectivity index (χ2n) is 5.12. The summed E-state index contributed by atoms with van der Waals surface area (Å²) in [5, 5.41) is 0.711. The maximum absolute atomic E-state index is 12.3. The summed E-state index contributed by atoms with van der Waals surface area (Å²) in [7, 11) is 1.35. The molecule has 0 radical (unpaired) electrons. The summed E-state index contributed by atoms with van der Waals surface area (Å²) in [5.41, 5.74) is 1.83. The first kappa shape index (κ1) is 14.9. The summed E-state index contributed by atoms with van der Waals surface area (Å²) in [5.74, 6) is -0.134. The highest BCUT2D eigenvalue weighted by Gasteiger charge is 2.34. The molecule has 0 bridgehead atoms. The zero-order valence-electron chi connectivity index (χ0n) is 12.2. The third kappa shape index (κ3) is 2.94. The first-order chi connectivity index (χ1) is 10.7. The molecular formula is C15H17N3O3S. The van der Waals surface area contributed by atoms with E-state index in [9.17, 15) is 9.59 Å². The number of hydrogen-bond acceptors (Lipinski definition) is 5. The highest BCUT2D eigenvalue weighted by Crippen LogP contribution is 2.23. The first-order valence-electron chi connectivity index (χ1n) is 7.14. The van der Waals surface area contributed by atoms with Gasteiger partial charge in [0.25, 0.3) is 0 Å². The highest BCUT2D eigenvalue weighted by atomic mass is 32.2. The number of rotatable bonds is 4. The number of carbonyl (C=O) groups is 2. The minimum absolute atomic E-state index is 0.0571. The van der Waals surface area contributed by atoms with E-state index in [1.165, 1.54) is 18.9 Å². The molecule has 116 valence electrons. The van der Waals surface area contributed by atoms with Crippen molar-refractivity contribution in [3.63, 3.8) is 0 Å². The number of ether oxygens (including phenoxy) is 1. The summed E-state index contributed by atoms with van der Waals surface area (Å²) in [6, 6.07) is 7.29. The lowest BCUT2D eigenvalue weighted by atomic mass is 10.2. The molecule has 2 heterocycles. The molecule has 1 aliphatic heterocycles. The molecule has 7 heteroatoms. The van der Waals surface area contributed by atoms with Crippen molar-refractivity contribution >= 4 is 34.7 Å². The van der Waals surface area contributed by atoms with E-state index in [1.807, 2.05) is 24.3 Å². The molecule has 1 amide bonds. The van der Waals surface area contributed by atoms with Gasteiger partial charge in [0.2, 0.25) is 5.91 Å². The smallest absolute Gasteiger partial charge is 0.328 e. The van der Waals surface area contributed by atoms with E-state index in [0.29, 0.717) is 18.1 Å². The van der Waals surface area contributed by atoms with Crippen LogP contribution in [0.2, 0.25) is 0 Å². The summed E-state index contributed by atoms with van der Waals surface area (Å²) in [4.78, 5) is 33.2. The Balaban J connectivity index is 1.63. The number of para-hydroxylation sites is 2. The second kappa shape index (κ2) is 6.39. The summed E-state index contributed by atoms with van der Waals surface area (Å²) in [6.45, 7) is 0.610. The van der Waals surface area contributed by atoms with Crippen molar-refractivity contribution in [1.29, 1.82) is 0 Å². The van der Waals surface area contributed by atoms with Gasteiger partial charge in [-0.1, -0.05) is 23.9 Å². The molecule has 1 N–H and O–H groups in total. The van der Waals surface area contributed by atoms with E-state index >= 15 is 0 Å². The molecule has 1 atom stereocenters. The Morgan fingerprint density at radius 3 is 3.05 bits per heavy atom. The number of hydrogen-bond donors (Lipinski definition) is 1. The van der Waals surface area contributed by atoms with Crippen LogP contribution in [0.3, 0.4) is 0 Å². The molecule has 3 rings (SSSR count). The van der Waals surface area contributed by atoms with Crippen LogP contribution in [0.5, 0.6) is 0 Å². The fourth-order valence-corrected chi connectivity index (χ4v) is 3.43. The average molecular weight is 319 g/mol. The minimum Gasteiger partial charge on any atom is -0.467 e. The fraction of sp³-hybridized carbons (Fsp3) is 0.400. The van der Waals surface area contributed by atoms with Gasteiger partial charge in [0.15, 0.2) is 5.16 Å². The van der Waals surface area contributed by atoms with Gasteiger partial charge in [-0.05, 0) is 25.0 Å². The number of nitrogens with one attached hydrogen (secondary N) is 1. The molecule has 1 aromatic carbocycles. The lowest BCUT2D eigenvalue weighted by Gasteiger charge is -2.22. The molecule has 1 saturated heterocycles. The van der Waals surface area contributed by atoms with Crippen molar-refractivity contribution in [2.45, 2.75) is 24.0 Å². The Bertz CT molecular complexity index is 667. The standard InChI is InChI=1S/C15H17N3O3S/c1-21-14(20)12-7-4-8-18(12)13(19)9-22-15-16-10-5-2-3-6-11(10)17-15/h2-3,5-6,12H,4,7-9H2,1H3,(H,16,17). The Hall–Kier alpha value is -2.02. The molecule has 0 saturated carbocycles. The van der Waals surface area contributed by atoms with Crippen LogP contribution < -0.4 is 0 Å². The van der Waals surface area contributed by atoms with E-state index in [0.717, 1.165) is 17.5 Å². The number of amides is 1. The monoisotopic (exact) mass is 319 g/mol. The SMILES string of the molecule is COC(=O)C1CCCN1C(=O)CSc1nc2ccccc2[nH]1. The van der Waals surface area contributed by atoms with Crippen molar-refractivity contribution in [2.24, 2.45) is 0 Å². The maximum Gasteiger partial charge on any atom is 0.328 e. The van der Waals surface area contributed by atoms with Crippen LogP contribution in [-0.2, 0) is 14.3 Å². The van der Waals surface area contributed by atoms with Gasteiger partial charge in [0.1, 0.15) is 6.04 Å². The average Bonchev–Trinajstić information content (AvgIpc) is 3.17. The van der Waals surface area contributed by atoms with Gasteiger partial charge in [0, 0.05) is 6.54 Å². The molecule has 1 unspecified atom stereocenters. The summed E-state index contributed by atoms with van der Waals surface area (Å²) >= 11 is 1.35. The van der Waals surface area contributed by atoms with Gasteiger partial charge in [-0.15, -0.1) is 0 Å². The number of thioether (sulfide) groups is 1. The minimum atomic E-state index is -0.436. The van der Waals surface area contributed by atoms with Crippen LogP contribution in [0, 0.1) is 0 Å². The molecule has 1 fully saturated rings. The van der Waals surface area contributed by atoms with E-state index in [4.69, 9.17) is 4.74 Å². The Labute approximate surface area is 132 Å². The van der Waals surface area contributed by atoms with Gasteiger partial charge < -0.3 is 14.6 Å². The van der Waals surface area contributed by atoms with Gasteiger partial charge in [-0.2, -0.15) is 0 Å². The number of H-pyrrole nitrogens is 1. The molecule has 2 aromatic rings. The number of imidazole rings is 1. The van der Waals surface area contributed by atoms with E-state index in [2.05, 4.69) is 9.97 Å². The number of nitrogens with zero attached hydrogens (tertiary/aromatic N) is 2. The van der Waals surface area contributed by atoms with Crippen LogP contribution >= 0.6 is 11.8 Å². The molecule has 22 heavy (non-hydrogen) atoms. The number of likely N-dealkylation sites (tertiary alicyclic amines) is 1. The summed E-state index contributed by atoms with van der Waals surface area (Å²) < 4.78 is 4.76. The van der Waals surface area contributed by atoms with Gasteiger partial charge in [-0.25, -0.2) is 9.78 Å². The number of benzene rings is 1. The molecule has 1 aromatic heterocycles. The Morgan fingerprint density at radius 1 is 1.45 bits per heavy atom. The highest BCUT2D eigenvalue weighted by molar-refractivity contribution is 7.99. The maximum atomic E-state index is 12.3.